The van der Waals surface area contributed by atoms with Gasteiger partial charge in [0, 0.05) is 48.8 Å². The molecule has 3 rings (SSSR count). The van der Waals surface area contributed by atoms with Gasteiger partial charge in [-0.2, -0.15) is 0 Å². The number of nitrogens with zero attached hydrogens (tertiary/aromatic N) is 1. The zero-order chi connectivity index (χ0) is 26.8. The molecule has 0 unspecified atom stereocenters. The second kappa shape index (κ2) is 14.0. The van der Waals surface area contributed by atoms with Crippen molar-refractivity contribution in [2.75, 3.05) is 19.6 Å². The fourth-order valence-corrected chi connectivity index (χ4v) is 4.48. The fourth-order valence-electron chi connectivity index (χ4n) is 4.48. The highest BCUT2D eigenvalue weighted by molar-refractivity contribution is 5.99. The molecule has 8 heteroatoms. The Morgan fingerprint density at radius 1 is 1.11 bits per heavy atom. The summed E-state index contributed by atoms with van der Waals surface area (Å²) in [5, 5.41) is 6.07. The Kier molecular flexibility index (Phi) is 10.7. The molecule has 3 atom stereocenters. The molecule has 4 N–H and O–H groups in total. The number of carbonyl (C=O) groups excluding carboxylic acids is 3. The van der Waals surface area contributed by atoms with Gasteiger partial charge >= 0.3 is 0 Å². The van der Waals surface area contributed by atoms with Gasteiger partial charge in [0.2, 0.25) is 5.91 Å². The van der Waals surface area contributed by atoms with Crippen LogP contribution in [0.5, 0.6) is 0 Å². The summed E-state index contributed by atoms with van der Waals surface area (Å²) in [5.41, 5.74) is 8.37. The summed E-state index contributed by atoms with van der Waals surface area (Å²) < 4.78 is 5.21. The summed E-state index contributed by atoms with van der Waals surface area (Å²) in [7, 11) is 0. The molecule has 1 aromatic carbocycles. The molecule has 202 valence electrons. The number of hydrogen-bond donors (Lipinski definition) is 3. The predicted molar refractivity (Wildman–Crippen MR) is 144 cm³/mol. The molecule has 3 amide bonds. The van der Waals surface area contributed by atoms with Gasteiger partial charge in [0.15, 0.2) is 0 Å². The van der Waals surface area contributed by atoms with E-state index in [0.717, 1.165) is 24.9 Å². The Bertz CT molecular complexity index is 1010. The average molecular weight is 511 g/mol. The lowest BCUT2D eigenvalue weighted by Gasteiger charge is -2.27. The quantitative estimate of drug-likeness (QED) is 0.337. The number of furan rings is 1. The van der Waals surface area contributed by atoms with E-state index in [2.05, 4.69) is 10.6 Å². The van der Waals surface area contributed by atoms with Gasteiger partial charge in [0.1, 0.15) is 0 Å². The van der Waals surface area contributed by atoms with E-state index in [9.17, 15) is 14.4 Å². The van der Waals surface area contributed by atoms with E-state index in [1.54, 1.807) is 36.8 Å². The second-order valence-corrected chi connectivity index (χ2v) is 10.3. The van der Waals surface area contributed by atoms with Crippen molar-refractivity contribution < 1.29 is 18.8 Å². The van der Waals surface area contributed by atoms with Gasteiger partial charge < -0.3 is 25.7 Å². The van der Waals surface area contributed by atoms with Gasteiger partial charge in [-0.3, -0.25) is 14.4 Å². The van der Waals surface area contributed by atoms with Crippen LogP contribution >= 0.6 is 0 Å². The Labute approximate surface area is 220 Å². The first-order valence-electron chi connectivity index (χ1n) is 13.6. The van der Waals surface area contributed by atoms with Crippen LogP contribution in [-0.2, 0) is 11.2 Å². The van der Waals surface area contributed by atoms with Crippen LogP contribution in [0.3, 0.4) is 0 Å². The van der Waals surface area contributed by atoms with E-state index >= 15 is 0 Å². The van der Waals surface area contributed by atoms with Gasteiger partial charge in [0.05, 0.1) is 12.5 Å². The number of nitrogens with one attached hydrogen (secondary N) is 2. The standard InChI is InChI=1S/C29H42N4O4/c1-4-12-33(13-5-2)29(36)24-8-6-7-23(17-24)28(35)32-26(16-22-11-14-37-19-22)25(30)15-20(3)27(34)31-18-21-9-10-21/h6-8,11,14,17,19-21,25-26H,4-5,9-10,12-13,15-16,18,30H2,1-3H3,(H,31,34)(H,32,35)/t20-,25+,26+/m1/s1. The van der Waals surface area contributed by atoms with Gasteiger partial charge in [-0.15, -0.1) is 0 Å². The lowest BCUT2D eigenvalue weighted by atomic mass is 9.92. The first kappa shape index (κ1) is 28.4. The molecule has 8 nitrogen and oxygen atoms in total. The van der Waals surface area contributed by atoms with Crippen molar-refractivity contribution in [1.29, 1.82) is 0 Å². The van der Waals surface area contributed by atoms with E-state index in [-0.39, 0.29) is 23.6 Å². The third kappa shape index (κ3) is 8.74. The minimum absolute atomic E-state index is 0.00864. The monoisotopic (exact) mass is 510 g/mol. The van der Waals surface area contributed by atoms with Crippen LogP contribution in [-0.4, -0.2) is 54.3 Å². The van der Waals surface area contributed by atoms with E-state index in [4.69, 9.17) is 10.2 Å². The smallest absolute Gasteiger partial charge is 0.253 e. The zero-order valence-corrected chi connectivity index (χ0v) is 22.4. The van der Waals surface area contributed by atoms with Crippen molar-refractivity contribution in [2.24, 2.45) is 17.6 Å². The first-order chi connectivity index (χ1) is 17.8. The summed E-state index contributed by atoms with van der Waals surface area (Å²) in [6.45, 7) is 8.03. The molecule has 2 aromatic rings. The highest BCUT2D eigenvalue weighted by atomic mass is 16.3. The minimum atomic E-state index is -0.449. The minimum Gasteiger partial charge on any atom is -0.472 e. The fraction of sp³-hybridized carbons (Fsp3) is 0.552. The predicted octanol–water partition coefficient (Wildman–Crippen LogP) is 3.76. The van der Waals surface area contributed by atoms with Crippen molar-refractivity contribution in [3.05, 3.63) is 59.5 Å². The van der Waals surface area contributed by atoms with Gasteiger partial charge in [-0.05, 0) is 74.3 Å². The molecule has 1 heterocycles. The van der Waals surface area contributed by atoms with Crippen molar-refractivity contribution in [3.8, 4) is 0 Å². The normalized spacial score (nSPS) is 15.5. The summed E-state index contributed by atoms with van der Waals surface area (Å²) in [4.78, 5) is 40.7. The molecule has 1 aromatic heterocycles. The molecule has 0 spiro atoms. The van der Waals surface area contributed by atoms with Crippen LogP contribution in [0.1, 0.15) is 79.2 Å². The van der Waals surface area contributed by atoms with E-state index < -0.39 is 12.1 Å². The molecule has 0 saturated heterocycles. The van der Waals surface area contributed by atoms with Gasteiger partial charge in [0.25, 0.3) is 11.8 Å². The zero-order valence-electron chi connectivity index (χ0n) is 22.4. The topological polar surface area (TPSA) is 118 Å². The first-order valence-corrected chi connectivity index (χ1v) is 13.6. The maximum absolute atomic E-state index is 13.3. The Morgan fingerprint density at radius 3 is 2.43 bits per heavy atom. The summed E-state index contributed by atoms with van der Waals surface area (Å²) in [5.74, 6) is -0.0538. The third-order valence-electron chi connectivity index (χ3n) is 6.85. The highest BCUT2D eigenvalue weighted by Crippen LogP contribution is 2.27. The second-order valence-electron chi connectivity index (χ2n) is 10.3. The SMILES string of the molecule is CCCN(CCC)C(=O)c1cccc(C(=O)N[C@@H](Cc2ccoc2)[C@@H](N)C[C@@H](C)C(=O)NCC2CC2)c1. The largest absolute Gasteiger partial charge is 0.472 e. The number of nitrogens with two attached hydrogens (primary N) is 1. The van der Waals surface area contributed by atoms with Crippen molar-refractivity contribution in [1.82, 2.24) is 15.5 Å². The van der Waals surface area contributed by atoms with Crippen LogP contribution in [0.4, 0.5) is 0 Å². The summed E-state index contributed by atoms with van der Waals surface area (Å²) in [6, 6.07) is 7.79. The number of rotatable bonds is 15. The Hall–Kier alpha value is -3.13. The maximum atomic E-state index is 13.3. The number of carbonyl (C=O) groups is 3. The lowest BCUT2D eigenvalue weighted by molar-refractivity contribution is -0.124. The van der Waals surface area contributed by atoms with E-state index in [1.807, 2.05) is 31.7 Å². The number of amides is 3. The lowest BCUT2D eigenvalue weighted by Crippen LogP contribution is -2.50. The molecule has 0 aliphatic heterocycles. The molecule has 0 bridgehead atoms. The van der Waals surface area contributed by atoms with E-state index in [1.165, 1.54) is 12.8 Å². The molecule has 1 aliphatic rings. The summed E-state index contributed by atoms with van der Waals surface area (Å²) in [6.07, 6.45) is 8.21. The molecule has 1 fully saturated rings. The molecule has 0 radical (unpaired) electrons. The van der Waals surface area contributed by atoms with Crippen molar-refractivity contribution in [3.63, 3.8) is 0 Å². The van der Waals surface area contributed by atoms with E-state index in [0.29, 0.717) is 43.0 Å². The summed E-state index contributed by atoms with van der Waals surface area (Å²) >= 11 is 0. The molecule has 1 aliphatic carbocycles. The number of hydrogen-bond acceptors (Lipinski definition) is 5. The van der Waals surface area contributed by atoms with Gasteiger partial charge in [-0.1, -0.05) is 26.8 Å². The van der Waals surface area contributed by atoms with Crippen LogP contribution in [0.15, 0.2) is 47.3 Å². The third-order valence-corrected chi connectivity index (χ3v) is 6.85. The molecular formula is C29H42N4O4. The van der Waals surface area contributed by atoms with Crippen LogP contribution in [0, 0.1) is 11.8 Å². The van der Waals surface area contributed by atoms with Gasteiger partial charge in [-0.25, -0.2) is 0 Å². The average Bonchev–Trinajstić information content (AvgIpc) is 3.59. The van der Waals surface area contributed by atoms with Crippen LogP contribution in [0.2, 0.25) is 0 Å². The maximum Gasteiger partial charge on any atom is 0.253 e. The molecule has 1 saturated carbocycles. The van der Waals surface area contributed by atoms with Crippen molar-refractivity contribution >= 4 is 17.7 Å². The van der Waals surface area contributed by atoms with Crippen LogP contribution < -0.4 is 16.4 Å². The Morgan fingerprint density at radius 2 is 1.81 bits per heavy atom. The van der Waals surface area contributed by atoms with Crippen molar-refractivity contribution in [2.45, 2.75) is 71.4 Å². The highest BCUT2D eigenvalue weighted by Gasteiger charge is 2.27. The number of benzene rings is 1. The molecule has 37 heavy (non-hydrogen) atoms. The molecular weight excluding hydrogens is 468 g/mol. The van der Waals surface area contributed by atoms with Crippen LogP contribution in [0.25, 0.3) is 0 Å². The Balaban J connectivity index is 1.69.